The number of carboxylic acid groups (broad SMARTS) is 1. The molecular formula is C19H22FNO3. The van der Waals surface area contributed by atoms with Crippen LogP contribution >= 0.6 is 0 Å². The van der Waals surface area contributed by atoms with Gasteiger partial charge in [0.1, 0.15) is 5.82 Å². The number of aliphatic carboxylic acids is 1. The number of nitrogens with zero attached hydrogens (tertiary/aromatic N) is 1. The van der Waals surface area contributed by atoms with Crippen LogP contribution in [0.3, 0.4) is 0 Å². The van der Waals surface area contributed by atoms with Gasteiger partial charge in [0.25, 0.3) is 0 Å². The summed E-state index contributed by atoms with van der Waals surface area (Å²) in [5, 5.41) is 9.36. The van der Waals surface area contributed by atoms with Crippen molar-refractivity contribution >= 4 is 18.0 Å². The Morgan fingerprint density at radius 1 is 1.17 bits per heavy atom. The molecule has 4 nitrogen and oxygen atoms in total. The van der Waals surface area contributed by atoms with Gasteiger partial charge >= 0.3 is 5.97 Å². The molecule has 1 aromatic rings. The number of carboxylic acids is 1. The maximum Gasteiger partial charge on any atom is 0.332 e. The van der Waals surface area contributed by atoms with Gasteiger partial charge in [-0.2, -0.15) is 0 Å². The van der Waals surface area contributed by atoms with E-state index < -0.39 is 11.8 Å². The first-order chi connectivity index (χ1) is 11.5. The number of amides is 1. The average molecular weight is 331 g/mol. The van der Waals surface area contributed by atoms with Crippen molar-refractivity contribution in [2.75, 3.05) is 13.1 Å². The number of rotatable bonds is 4. The van der Waals surface area contributed by atoms with Gasteiger partial charge in [-0.05, 0) is 36.8 Å². The Hall–Kier alpha value is -2.17. The van der Waals surface area contributed by atoms with Gasteiger partial charge in [0.2, 0.25) is 5.91 Å². The van der Waals surface area contributed by atoms with Gasteiger partial charge in [-0.3, -0.25) is 4.79 Å². The SMILES string of the molecule is O=C(O)C(=Cc1ccccc1F)CC(=O)N1C[C@H]2CCCC[C@H]2C1. The first-order valence-electron chi connectivity index (χ1n) is 8.51. The summed E-state index contributed by atoms with van der Waals surface area (Å²) in [7, 11) is 0. The zero-order valence-corrected chi connectivity index (χ0v) is 13.6. The third-order valence-electron chi connectivity index (χ3n) is 5.18. The van der Waals surface area contributed by atoms with Crippen molar-refractivity contribution in [3.05, 3.63) is 41.2 Å². The highest BCUT2D eigenvalue weighted by molar-refractivity contribution is 5.98. The molecule has 1 heterocycles. The van der Waals surface area contributed by atoms with Crippen molar-refractivity contribution < 1.29 is 19.1 Å². The summed E-state index contributed by atoms with van der Waals surface area (Å²) in [4.78, 5) is 25.8. The summed E-state index contributed by atoms with van der Waals surface area (Å²) in [6.07, 6.45) is 5.83. The number of benzene rings is 1. The molecule has 1 N–H and O–H groups in total. The second kappa shape index (κ2) is 7.16. The zero-order valence-electron chi connectivity index (χ0n) is 13.6. The normalized spacial score (nSPS) is 23.9. The molecule has 1 aliphatic carbocycles. The number of fused-ring (bicyclic) bond motifs is 1. The number of halogens is 1. The average Bonchev–Trinajstić information content (AvgIpc) is 3.00. The van der Waals surface area contributed by atoms with Crippen LogP contribution in [-0.2, 0) is 9.59 Å². The molecule has 0 radical (unpaired) electrons. The maximum absolute atomic E-state index is 13.7. The van der Waals surface area contributed by atoms with Crippen LogP contribution in [0.2, 0.25) is 0 Å². The van der Waals surface area contributed by atoms with E-state index in [1.165, 1.54) is 31.1 Å². The fraction of sp³-hybridized carbons (Fsp3) is 0.474. The minimum atomic E-state index is -1.18. The Kier molecular flexibility index (Phi) is 4.97. The van der Waals surface area contributed by atoms with Crippen LogP contribution in [-0.4, -0.2) is 35.0 Å². The van der Waals surface area contributed by atoms with Crippen LogP contribution in [0.15, 0.2) is 29.8 Å². The highest BCUT2D eigenvalue weighted by atomic mass is 19.1. The van der Waals surface area contributed by atoms with Crippen molar-refractivity contribution in [3.8, 4) is 0 Å². The fourth-order valence-corrected chi connectivity index (χ4v) is 3.85. The first kappa shape index (κ1) is 16.7. The molecule has 1 saturated heterocycles. The number of carbonyl (C=O) groups excluding carboxylic acids is 1. The first-order valence-corrected chi connectivity index (χ1v) is 8.51. The highest BCUT2D eigenvalue weighted by Crippen LogP contribution is 2.36. The molecule has 0 unspecified atom stereocenters. The van der Waals surface area contributed by atoms with Crippen molar-refractivity contribution in [1.82, 2.24) is 4.90 Å². The van der Waals surface area contributed by atoms with Gasteiger partial charge in [0.15, 0.2) is 0 Å². The van der Waals surface area contributed by atoms with Crippen LogP contribution in [0.4, 0.5) is 4.39 Å². The Morgan fingerprint density at radius 3 is 2.38 bits per heavy atom. The predicted octanol–water partition coefficient (Wildman–Crippen LogP) is 3.33. The summed E-state index contributed by atoms with van der Waals surface area (Å²) in [6.45, 7) is 1.46. The highest BCUT2D eigenvalue weighted by Gasteiger charge is 2.36. The standard InChI is InChI=1S/C19H22FNO3/c20-17-8-4-3-5-13(17)9-16(19(23)24)10-18(22)21-11-14-6-1-2-7-15(14)12-21/h3-5,8-9,14-15H,1-2,6-7,10-12H2,(H,23,24)/t14-,15+. The molecule has 1 amide bonds. The van der Waals surface area contributed by atoms with E-state index in [1.54, 1.807) is 17.0 Å². The molecule has 1 saturated carbocycles. The molecule has 2 aliphatic rings. The van der Waals surface area contributed by atoms with Crippen LogP contribution in [0.1, 0.15) is 37.7 Å². The van der Waals surface area contributed by atoms with E-state index in [2.05, 4.69) is 0 Å². The van der Waals surface area contributed by atoms with Crippen LogP contribution < -0.4 is 0 Å². The Labute approximate surface area is 141 Å². The minimum Gasteiger partial charge on any atom is -0.478 e. The van der Waals surface area contributed by atoms with Crippen molar-refractivity contribution in [1.29, 1.82) is 0 Å². The Balaban J connectivity index is 1.71. The van der Waals surface area contributed by atoms with E-state index in [9.17, 15) is 19.1 Å². The molecule has 2 fully saturated rings. The summed E-state index contributed by atoms with van der Waals surface area (Å²) in [6, 6.07) is 5.97. The van der Waals surface area contributed by atoms with Crippen molar-refractivity contribution in [3.63, 3.8) is 0 Å². The summed E-state index contributed by atoms with van der Waals surface area (Å²) < 4.78 is 13.7. The van der Waals surface area contributed by atoms with E-state index in [1.807, 2.05) is 0 Å². The summed E-state index contributed by atoms with van der Waals surface area (Å²) in [5.74, 6) is -0.716. The Bertz CT molecular complexity index is 656. The molecule has 128 valence electrons. The summed E-state index contributed by atoms with van der Waals surface area (Å²) >= 11 is 0. The molecule has 24 heavy (non-hydrogen) atoms. The monoisotopic (exact) mass is 331 g/mol. The molecule has 5 heteroatoms. The molecule has 2 atom stereocenters. The largest absolute Gasteiger partial charge is 0.478 e. The lowest BCUT2D eigenvalue weighted by Gasteiger charge is -2.22. The molecule has 1 aliphatic heterocycles. The lowest BCUT2D eigenvalue weighted by atomic mass is 9.82. The van der Waals surface area contributed by atoms with Gasteiger partial charge in [-0.25, -0.2) is 9.18 Å². The van der Waals surface area contributed by atoms with E-state index in [0.29, 0.717) is 11.8 Å². The van der Waals surface area contributed by atoms with Gasteiger partial charge in [-0.15, -0.1) is 0 Å². The smallest absolute Gasteiger partial charge is 0.332 e. The van der Waals surface area contributed by atoms with Crippen molar-refractivity contribution in [2.24, 2.45) is 11.8 Å². The van der Waals surface area contributed by atoms with E-state index >= 15 is 0 Å². The molecule has 3 rings (SSSR count). The van der Waals surface area contributed by atoms with Crippen LogP contribution in [0.25, 0.3) is 6.08 Å². The predicted molar refractivity (Wildman–Crippen MR) is 88.7 cm³/mol. The van der Waals surface area contributed by atoms with Gasteiger partial charge < -0.3 is 10.0 Å². The number of likely N-dealkylation sites (tertiary alicyclic amines) is 1. The van der Waals surface area contributed by atoms with Crippen LogP contribution in [0, 0.1) is 17.7 Å². The van der Waals surface area contributed by atoms with E-state index in [-0.39, 0.29) is 23.5 Å². The third kappa shape index (κ3) is 3.66. The molecule has 0 aromatic heterocycles. The topological polar surface area (TPSA) is 57.6 Å². The third-order valence-corrected chi connectivity index (χ3v) is 5.18. The van der Waals surface area contributed by atoms with Crippen molar-refractivity contribution in [2.45, 2.75) is 32.1 Å². The maximum atomic E-state index is 13.7. The van der Waals surface area contributed by atoms with Gasteiger partial charge in [0, 0.05) is 24.2 Å². The second-order valence-electron chi connectivity index (χ2n) is 6.78. The molecule has 0 bridgehead atoms. The number of carbonyl (C=O) groups is 2. The summed E-state index contributed by atoms with van der Waals surface area (Å²) in [5.41, 5.74) is 0.123. The molecular weight excluding hydrogens is 309 g/mol. The van der Waals surface area contributed by atoms with Gasteiger partial charge in [-0.1, -0.05) is 31.0 Å². The fourth-order valence-electron chi connectivity index (χ4n) is 3.85. The van der Waals surface area contributed by atoms with Gasteiger partial charge in [0.05, 0.1) is 6.42 Å². The molecule has 0 spiro atoms. The quantitative estimate of drug-likeness (QED) is 0.861. The zero-order chi connectivity index (χ0) is 17.1. The second-order valence-corrected chi connectivity index (χ2v) is 6.78. The number of hydrogen-bond acceptors (Lipinski definition) is 2. The lowest BCUT2D eigenvalue weighted by Crippen LogP contribution is -2.29. The Morgan fingerprint density at radius 2 is 1.79 bits per heavy atom. The minimum absolute atomic E-state index is 0.0695. The number of hydrogen-bond donors (Lipinski definition) is 1. The van der Waals surface area contributed by atoms with Crippen LogP contribution in [0.5, 0.6) is 0 Å². The van der Waals surface area contributed by atoms with E-state index in [4.69, 9.17) is 0 Å². The van der Waals surface area contributed by atoms with E-state index in [0.717, 1.165) is 25.9 Å². The lowest BCUT2D eigenvalue weighted by molar-refractivity contribution is -0.136. The molecule has 1 aromatic carbocycles.